The van der Waals surface area contributed by atoms with Crippen LogP contribution in [0.2, 0.25) is 0 Å². The highest BCUT2D eigenvalue weighted by Gasteiger charge is 2.22. The van der Waals surface area contributed by atoms with Gasteiger partial charge in [-0.2, -0.15) is 0 Å². The van der Waals surface area contributed by atoms with Gasteiger partial charge in [0.25, 0.3) is 0 Å². The van der Waals surface area contributed by atoms with Gasteiger partial charge in [-0.25, -0.2) is 0 Å². The third kappa shape index (κ3) is 6.35. The van der Waals surface area contributed by atoms with Crippen LogP contribution in [0.4, 0.5) is 0 Å². The summed E-state index contributed by atoms with van der Waals surface area (Å²) in [5.74, 6) is 1.62. The lowest BCUT2D eigenvalue weighted by molar-refractivity contribution is -0.123. The smallest absolute Gasteiger partial charge is 0.222 e. The lowest BCUT2D eigenvalue weighted by atomic mass is 9.96. The molecule has 0 aromatic carbocycles. The minimum atomic E-state index is 0.169. The first-order valence-corrected chi connectivity index (χ1v) is 8.74. The van der Waals surface area contributed by atoms with E-state index in [1.54, 1.807) is 0 Å². The van der Waals surface area contributed by atoms with Crippen LogP contribution in [-0.2, 0) is 9.53 Å². The first kappa shape index (κ1) is 16.8. The zero-order valence-electron chi connectivity index (χ0n) is 13.8. The maximum absolute atomic E-state index is 11.9. The van der Waals surface area contributed by atoms with Crippen LogP contribution in [0.25, 0.3) is 0 Å². The normalized spacial score (nSPS) is 24.6. The van der Waals surface area contributed by atoms with Crippen molar-refractivity contribution in [2.75, 3.05) is 32.8 Å². The van der Waals surface area contributed by atoms with E-state index >= 15 is 0 Å². The fourth-order valence-corrected chi connectivity index (χ4v) is 3.20. The van der Waals surface area contributed by atoms with E-state index in [0.717, 1.165) is 31.9 Å². The number of rotatable bonds is 7. The molecule has 1 N–H and O–H groups in total. The largest absolute Gasteiger partial charge is 0.378 e. The van der Waals surface area contributed by atoms with Crippen molar-refractivity contribution in [1.82, 2.24) is 10.2 Å². The molecule has 0 saturated carbocycles. The van der Waals surface area contributed by atoms with Gasteiger partial charge in [-0.3, -0.25) is 4.79 Å². The second-order valence-electron chi connectivity index (χ2n) is 7.11. The van der Waals surface area contributed by atoms with Crippen LogP contribution in [0.15, 0.2) is 0 Å². The lowest BCUT2D eigenvalue weighted by Gasteiger charge is -2.32. The van der Waals surface area contributed by atoms with Crippen molar-refractivity contribution in [1.29, 1.82) is 0 Å². The van der Waals surface area contributed by atoms with Gasteiger partial charge in [-0.05, 0) is 63.6 Å². The fraction of sp³-hybridized carbons (Fsp3) is 0.941. The summed E-state index contributed by atoms with van der Waals surface area (Å²) in [6.07, 6.45) is 6.60. The zero-order valence-corrected chi connectivity index (χ0v) is 13.8. The standard InChI is InChI=1S/C17H32N2O2/c1-14(2)5-8-19-9-6-15(7-10-19)13-18-17(20)12-16-4-3-11-21-16/h14-16H,3-13H2,1-2H3,(H,18,20)/t16-/m0/s1. The van der Waals surface area contributed by atoms with Gasteiger partial charge in [-0.1, -0.05) is 13.8 Å². The Hall–Kier alpha value is -0.610. The van der Waals surface area contributed by atoms with Crippen LogP contribution in [0, 0.1) is 11.8 Å². The van der Waals surface area contributed by atoms with E-state index in [4.69, 9.17) is 4.74 Å². The van der Waals surface area contributed by atoms with E-state index in [1.807, 2.05) is 0 Å². The zero-order chi connectivity index (χ0) is 15.1. The molecule has 0 spiro atoms. The van der Waals surface area contributed by atoms with Gasteiger partial charge in [0, 0.05) is 13.2 Å². The summed E-state index contributed by atoms with van der Waals surface area (Å²) in [5.41, 5.74) is 0. The number of ether oxygens (including phenoxy) is 1. The molecule has 1 atom stereocenters. The van der Waals surface area contributed by atoms with Crippen molar-refractivity contribution in [3.8, 4) is 0 Å². The molecular formula is C17H32N2O2. The number of carbonyl (C=O) groups is 1. The van der Waals surface area contributed by atoms with E-state index in [1.165, 1.54) is 38.9 Å². The summed E-state index contributed by atoms with van der Waals surface area (Å²) in [7, 11) is 0. The van der Waals surface area contributed by atoms with Crippen LogP contribution in [0.3, 0.4) is 0 Å². The van der Waals surface area contributed by atoms with E-state index < -0.39 is 0 Å². The molecule has 0 bridgehead atoms. The van der Waals surface area contributed by atoms with Gasteiger partial charge < -0.3 is 15.0 Å². The molecule has 4 nitrogen and oxygen atoms in total. The van der Waals surface area contributed by atoms with E-state index in [-0.39, 0.29) is 12.0 Å². The molecule has 4 heteroatoms. The van der Waals surface area contributed by atoms with E-state index in [2.05, 4.69) is 24.1 Å². The van der Waals surface area contributed by atoms with E-state index in [9.17, 15) is 4.79 Å². The first-order valence-electron chi connectivity index (χ1n) is 8.74. The van der Waals surface area contributed by atoms with Crippen molar-refractivity contribution in [2.24, 2.45) is 11.8 Å². The summed E-state index contributed by atoms with van der Waals surface area (Å²) < 4.78 is 5.51. The number of likely N-dealkylation sites (tertiary alicyclic amines) is 1. The molecule has 0 unspecified atom stereocenters. The van der Waals surface area contributed by atoms with Crippen LogP contribution < -0.4 is 5.32 Å². The molecule has 2 aliphatic rings. The van der Waals surface area contributed by atoms with Gasteiger partial charge in [-0.15, -0.1) is 0 Å². The highest BCUT2D eigenvalue weighted by Crippen LogP contribution is 2.18. The number of hydrogen-bond donors (Lipinski definition) is 1. The Bertz CT molecular complexity index is 306. The van der Waals surface area contributed by atoms with Crippen molar-refractivity contribution in [2.45, 2.75) is 58.5 Å². The lowest BCUT2D eigenvalue weighted by Crippen LogP contribution is -2.39. The van der Waals surface area contributed by atoms with Gasteiger partial charge in [0.15, 0.2) is 0 Å². The van der Waals surface area contributed by atoms with Crippen LogP contribution >= 0.6 is 0 Å². The number of piperidine rings is 1. The summed E-state index contributed by atoms with van der Waals surface area (Å²) in [6.45, 7) is 9.87. The highest BCUT2D eigenvalue weighted by molar-refractivity contribution is 5.76. The Morgan fingerprint density at radius 1 is 1.29 bits per heavy atom. The predicted molar refractivity (Wildman–Crippen MR) is 85.2 cm³/mol. The Morgan fingerprint density at radius 2 is 2.05 bits per heavy atom. The second-order valence-corrected chi connectivity index (χ2v) is 7.11. The maximum atomic E-state index is 11.9. The third-order valence-corrected chi connectivity index (χ3v) is 4.75. The van der Waals surface area contributed by atoms with Gasteiger partial charge >= 0.3 is 0 Å². The molecule has 0 aromatic rings. The van der Waals surface area contributed by atoms with Gasteiger partial charge in [0.1, 0.15) is 0 Å². The maximum Gasteiger partial charge on any atom is 0.222 e. The Balaban J connectivity index is 1.54. The fourth-order valence-electron chi connectivity index (χ4n) is 3.20. The SMILES string of the molecule is CC(C)CCN1CCC(CNC(=O)C[C@@H]2CCCO2)CC1. The number of carbonyl (C=O) groups excluding carboxylic acids is 1. The second kappa shape index (κ2) is 8.74. The first-order chi connectivity index (χ1) is 10.1. The van der Waals surface area contributed by atoms with Gasteiger partial charge in [0.05, 0.1) is 12.5 Å². The van der Waals surface area contributed by atoms with Crippen LogP contribution in [0.5, 0.6) is 0 Å². The molecule has 0 aliphatic carbocycles. The monoisotopic (exact) mass is 296 g/mol. The minimum absolute atomic E-state index is 0.169. The minimum Gasteiger partial charge on any atom is -0.378 e. The molecule has 2 heterocycles. The topological polar surface area (TPSA) is 41.6 Å². The highest BCUT2D eigenvalue weighted by atomic mass is 16.5. The summed E-state index contributed by atoms with van der Waals surface area (Å²) in [6, 6.07) is 0. The van der Waals surface area contributed by atoms with Crippen LogP contribution in [0.1, 0.15) is 52.4 Å². The number of amides is 1. The van der Waals surface area contributed by atoms with Crippen LogP contribution in [-0.4, -0.2) is 49.7 Å². The predicted octanol–water partition coefficient (Wildman–Crippen LogP) is 2.43. The molecule has 21 heavy (non-hydrogen) atoms. The van der Waals surface area contributed by atoms with E-state index in [0.29, 0.717) is 12.3 Å². The average Bonchev–Trinajstić information content (AvgIpc) is 2.97. The van der Waals surface area contributed by atoms with Crippen molar-refractivity contribution in [3.63, 3.8) is 0 Å². The van der Waals surface area contributed by atoms with Crippen molar-refractivity contribution in [3.05, 3.63) is 0 Å². The molecular weight excluding hydrogens is 264 g/mol. The molecule has 2 rings (SSSR count). The molecule has 0 radical (unpaired) electrons. The van der Waals surface area contributed by atoms with Crippen molar-refractivity contribution >= 4 is 5.91 Å². The quantitative estimate of drug-likeness (QED) is 0.784. The van der Waals surface area contributed by atoms with Crippen molar-refractivity contribution < 1.29 is 9.53 Å². The molecule has 1 amide bonds. The van der Waals surface area contributed by atoms with Gasteiger partial charge in [0.2, 0.25) is 5.91 Å². The average molecular weight is 296 g/mol. The Labute approximate surface area is 129 Å². The molecule has 0 aromatic heterocycles. The molecule has 2 fully saturated rings. The third-order valence-electron chi connectivity index (χ3n) is 4.75. The Kier molecular flexibility index (Phi) is 6.97. The summed E-state index contributed by atoms with van der Waals surface area (Å²) in [5, 5.41) is 3.11. The number of nitrogens with zero attached hydrogens (tertiary/aromatic N) is 1. The number of nitrogens with one attached hydrogen (secondary N) is 1. The number of hydrogen-bond acceptors (Lipinski definition) is 3. The molecule has 122 valence electrons. The Morgan fingerprint density at radius 3 is 2.67 bits per heavy atom. The molecule has 2 aliphatic heterocycles. The molecule has 2 saturated heterocycles. The summed E-state index contributed by atoms with van der Waals surface area (Å²) in [4.78, 5) is 14.5. The summed E-state index contributed by atoms with van der Waals surface area (Å²) >= 11 is 0.